The maximum Gasteiger partial charge on any atom is 0.230 e. The summed E-state index contributed by atoms with van der Waals surface area (Å²) in [5.74, 6) is 1.62. The van der Waals surface area contributed by atoms with Gasteiger partial charge >= 0.3 is 0 Å². The monoisotopic (exact) mass is 370 g/mol. The van der Waals surface area contributed by atoms with E-state index in [1.54, 1.807) is 13.2 Å². The average molecular weight is 370 g/mol. The predicted octanol–water partition coefficient (Wildman–Crippen LogP) is 2.00. The van der Waals surface area contributed by atoms with Crippen molar-refractivity contribution < 1.29 is 14.2 Å². The molecule has 1 aliphatic carbocycles. The van der Waals surface area contributed by atoms with Crippen LogP contribution in [-0.2, 0) is 4.74 Å². The van der Waals surface area contributed by atoms with E-state index in [1.165, 1.54) is 11.8 Å². The Bertz CT molecular complexity index is 883. The molecule has 2 aliphatic heterocycles. The third-order valence-electron chi connectivity index (χ3n) is 5.43. The molecule has 0 bridgehead atoms. The Morgan fingerprint density at radius 2 is 2.19 bits per heavy atom. The molecular weight excluding hydrogens is 352 g/mol. The van der Waals surface area contributed by atoms with Gasteiger partial charge in [0, 0.05) is 11.7 Å². The summed E-state index contributed by atoms with van der Waals surface area (Å²) >= 11 is 1.44. The third kappa shape index (κ3) is 1.69. The normalized spacial score (nSPS) is 36.8. The van der Waals surface area contributed by atoms with E-state index < -0.39 is 21.8 Å². The molecule has 134 valence electrons. The fourth-order valence-corrected chi connectivity index (χ4v) is 5.68. The lowest BCUT2D eigenvalue weighted by Crippen LogP contribution is -2.34. The van der Waals surface area contributed by atoms with Gasteiger partial charge in [-0.15, -0.1) is 0 Å². The smallest absolute Gasteiger partial charge is 0.230 e. The van der Waals surface area contributed by atoms with Crippen molar-refractivity contribution >= 4 is 17.6 Å². The Kier molecular flexibility index (Phi) is 3.62. The second-order valence-electron chi connectivity index (χ2n) is 6.39. The van der Waals surface area contributed by atoms with Crippen LogP contribution in [0.25, 0.3) is 0 Å². The Morgan fingerprint density at radius 3 is 2.77 bits per heavy atom. The molecule has 2 fully saturated rings. The molecule has 2 N–H and O–H groups in total. The first-order chi connectivity index (χ1) is 12.6. The molecule has 0 unspecified atom stereocenters. The maximum absolute atomic E-state index is 10.1. The van der Waals surface area contributed by atoms with Crippen LogP contribution in [0.3, 0.4) is 0 Å². The number of nitrogens with zero attached hydrogens (tertiary/aromatic N) is 3. The second-order valence-corrected chi connectivity index (χ2v) is 7.64. The number of nitriles is 2. The second kappa shape index (κ2) is 5.54. The molecule has 3 aliphatic rings. The van der Waals surface area contributed by atoms with E-state index in [0.29, 0.717) is 30.5 Å². The summed E-state index contributed by atoms with van der Waals surface area (Å²) in [6, 6.07) is 10.1. The molecule has 1 aromatic rings. The zero-order chi connectivity index (χ0) is 18.6. The van der Waals surface area contributed by atoms with Gasteiger partial charge in [-0.1, -0.05) is 17.8 Å². The largest absolute Gasteiger partial charge is 0.493 e. The summed E-state index contributed by atoms with van der Waals surface area (Å²) < 4.78 is 16.9. The van der Waals surface area contributed by atoms with Crippen molar-refractivity contribution in [2.75, 3.05) is 26.1 Å². The quantitative estimate of drug-likeness (QED) is 0.862. The van der Waals surface area contributed by atoms with E-state index in [9.17, 15) is 10.5 Å². The zero-order valence-electron chi connectivity index (χ0n) is 14.5. The van der Waals surface area contributed by atoms with Gasteiger partial charge < -0.3 is 19.9 Å². The van der Waals surface area contributed by atoms with Crippen LogP contribution in [0, 0.1) is 33.5 Å². The molecule has 7 nitrogen and oxygen atoms in total. The first-order valence-electron chi connectivity index (χ1n) is 8.34. The number of ether oxygens (including phenoxy) is 3. The lowest BCUT2D eigenvalue weighted by atomic mass is 9.95. The van der Waals surface area contributed by atoms with Gasteiger partial charge in [-0.25, -0.2) is 4.99 Å². The van der Waals surface area contributed by atoms with Gasteiger partial charge in [0.15, 0.2) is 16.9 Å². The van der Waals surface area contributed by atoms with Crippen molar-refractivity contribution in [3.05, 3.63) is 23.8 Å². The highest BCUT2D eigenvalue weighted by atomic mass is 32.2. The number of rotatable bonds is 4. The highest BCUT2D eigenvalue weighted by molar-refractivity contribution is 8.00. The van der Waals surface area contributed by atoms with Gasteiger partial charge in [-0.3, -0.25) is 0 Å². The number of nitrogens with two attached hydrogens (primary N) is 1. The fourth-order valence-electron chi connectivity index (χ4n) is 4.36. The van der Waals surface area contributed by atoms with Crippen molar-refractivity contribution in [2.24, 2.45) is 21.6 Å². The number of methoxy groups -OCH3 is 1. The summed E-state index contributed by atoms with van der Waals surface area (Å²) in [7, 11) is 1.56. The number of aliphatic imine (C=N–C) groups is 1. The lowest BCUT2D eigenvalue weighted by molar-refractivity contribution is 0.0200. The van der Waals surface area contributed by atoms with Crippen LogP contribution in [0.4, 0.5) is 0 Å². The van der Waals surface area contributed by atoms with Gasteiger partial charge in [0.05, 0.1) is 32.5 Å². The Balaban J connectivity index is 1.85. The molecule has 1 saturated carbocycles. The standard InChI is InChI=1S/C18H18N4O3S/c1-3-24-12-5-4-11(8-13(12)23-2)14-16(9-19)15(21)22-18(17(14,16)10-20)25-6-7-26-18/h4-5,8,14H,3,6-7H2,1-2H3,(H2,21,22)/t14-,16-,17-,18-/m1/s1. The van der Waals surface area contributed by atoms with Gasteiger partial charge in [0.1, 0.15) is 11.3 Å². The minimum atomic E-state index is -1.18. The van der Waals surface area contributed by atoms with E-state index in [4.69, 9.17) is 19.9 Å². The maximum atomic E-state index is 10.1. The summed E-state index contributed by atoms with van der Waals surface area (Å²) in [6.07, 6.45) is 0. The molecular formula is C18H18N4O3S. The summed E-state index contributed by atoms with van der Waals surface area (Å²) in [4.78, 5) is 4.44. The van der Waals surface area contributed by atoms with Crippen LogP contribution in [0.2, 0.25) is 0 Å². The van der Waals surface area contributed by atoms with Crippen LogP contribution in [-0.4, -0.2) is 37.0 Å². The third-order valence-corrected chi connectivity index (χ3v) is 6.72. The van der Waals surface area contributed by atoms with E-state index in [0.717, 1.165) is 5.56 Å². The molecule has 0 amide bonds. The highest BCUT2D eigenvalue weighted by Gasteiger charge is 2.93. The Hall–Kier alpha value is -2.42. The molecule has 1 aromatic carbocycles. The minimum absolute atomic E-state index is 0.175. The van der Waals surface area contributed by atoms with Crippen molar-refractivity contribution in [3.63, 3.8) is 0 Å². The number of hydrogen-bond donors (Lipinski definition) is 1. The lowest BCUT2D eigenvalue weighted by Gasteiger charge is -2.26. The van der Waals surface area contributed by atoms with E-state index in [-0.39, 0.29) is 5.84 Å². The van der Waals surface area contributed by atoms with Crippen molar-refractivity contribution in [1.82, 2.24) is 0 Å². The molecule has 0 aromatic heterocycles. The van der Waals surface area contributed by atoms with Crippen LogP contribution in [0.15, 0.2) is 23.2 Å². The van der Waals surface area contributed by atoms with Crippen molar-refractivity contribution in [1.29, 1.82) is 10.5 Å². The molecule has 4 atom stereocenters. The number of amidine groups is 1. The van der Waals surface area contributed by atoms with E-state index in [1.807, 2.05) is 19.1 Å². The van der Waals surface area contributed by atoms with Crippen molar-refractivity contribution in [2.45, 2.75) is 17.9 Å². The van der Waals surface area contributed by atoms with Crippen LogP contribution in [0.1, 0.15) is 18.4 Å². The molecule has 26 heavy (non-hydrogen) atoms. The number of fused-ring (bicyclic) bond motifs is 2. The first kappa shape index (κ1) is 17.0. The van der Waals surface area contributed by atoms with Gasteiger partial charge in [-0.05, 0) is 24.6 Å². The first-order valence-corrected chi connectivity index (χ1v) is 9.32. The molecule has 1 spiro atoms. The number of thioether (sulfide) groups is 1. The SMILES string of the molecule is CCOc1ccc([C@H]2[C@@]3(C#N)[C@@]4(N=C(N)[C@@]23C#N)OCCS4)cc1OC. The molecule has 8 heteroatoms. The molecule has 2 heterocycles. The van der Waals surface area contributed by atoms with Gasteiger partial charge in [0.2, 0.25) is 5.06 Å². The van der Waals surface area contributed by atoms with E-state index in [2.05, 4.69) is 17.1 Å². The van der Waals surface area contributed by atoms with Crippen molar-refractivity contribution in [3.8, 4) is 23.6 Å². The van der Waals surface area contributed by atoms with Gasteiger partial charge in [-0.2, -0.15) is 10.5 Å². The van der Waals surface area contributed by atoms with Crippen LogP contribution < -0.4 is 15.2 Å². The average Bonchev–Trinajstić information content (AvgIpc) is 2.90. The molecule has 4 rings (SSSR count). The zero-order valence-corrected chi connectivity index (χ0v) is 15.3. The number of hydrogen-bond acceptors (Lipinski definition) is 8. The van der Waals surface area contributed by atoms with E-state index >= 15 is 0 Å². The summed E-state index contributed by atoms with van der Waals surface area (Å²) in [5.41, 5.74) is 4.65. The van der Waals surface area contributed by atoms with Gasteiger partial charge in [0.25, 0.3) is 0 Å². The van der Waals surface area contributed by atoms with Crippen LogP contribution >= 0.6 is 11.8 Å². The van der Waals surface area contributed by atoms with Crippen LogP contribution in [0.5, 0.6) is 11.5 Å². The minimum Gasteiger partial charge on any atom is -0.493 e. The Labute approximate surface area is 155 Å². The predicted molar refractivity (Wildman–Crippen MR) is 95.8 cm³/mol. The fraction of sp³-hybridized carbons (Fsp3) is 0.500. The summed E-state index contributed by atoms with van der Waals surface area (Å²) in [6.45, 7) is 2.88. The summed E-state index contributed by atoms with van der Waals surface area (Å²) in [5, 5.41) is 19.0. The number of benzene rings is 1. The topological polar surface area (TPSA) is 114 Å². The molecule has 1 saturated heterocycles. The molecule has 0 radical (unpaired) electrons. The Morgan fingerprint density at radius 1 is 1.38 bits per heavy atom. The highest BCUT2D eigenvalue weighted by Crippen LogP contribution is 2.84.